The molecule has 2 aromatic rings. The lowest BCUT2D eigenvalue weighted by Crippen LogP contribution is -2.08. The van der Waals surface area contributed by atoms with Crippen molar-refractivity contribution in [1.82, 2.24) is 19.7 Å². The molecule has 16 heavy (non-hydrogen) atoms. The summed E-state index contributed by atoms with van der Waals surface area (Å²) in [5.41, 5.74) is 2.42. The van der Waals surface area contributed by atoms with E-state index in [9.17, 15) is 0 Å². The van der Waals surface area contributed by atoms with Gasteiger partial charge in [-0.25, -0.2) is 15.8 Å². The molecule has 0 aliphatic heterocycles. The van der Waals surface area contributed by atoms with E-state index in [0.717, 1.165) is 6.54 Å². The molecule has 2 rings (SSSR count). The number of nitrogens with zero attached hydrogens (tertiary/aromatic N) is 4. The fraction of sp³-hybridized carbons (Fsp3) is 0.222. The smallest absolute Gasteiger partial charge is 0.224 e. The molecule has 0 atom stereocenters. The average molecular weight is 220 g/mol. The minimum atomic E-state index is 0.415. The van der Waals surface area contributed by atoms with Crippen molar-refractivity contribution >= 4 is 5.82 Å². The van der Waals surface area contributed by atoms with E-state index in [1.54, 1.807) is 23.1 Å². The molecule has 0 fully saturated rings. The van der Waals surface area contributed by atoms with E-state index in [2.05, 4.69) is 20.5 Å². The molecule has 7 heteroatoms. The third kappa shape index (κ3) is 2.26. The molecule has 2 aromatic heterocycles. The Kier molecular flexibility index (Phi) is 2.97. The van der Waals surface area contributed by atoms with Crippen molar-refractivity contribution in [1.29, 1.82) is 0 Å². The molecule has 7 nitrogen and oxygen atoms in total. The van der Waals surface area contributed by atoms with Crippen LogP contribution in [0.5, 0.6) is 11.6 Å². The van der Waals surface area contributed by atoms with Gasteiger partial charge >= 0.3 is 0 Å². The summed E-state index contributed by atoms with van der Waals surface area (Å²) in [6.45, 7) is 2.79. The summed E-state index contributed by atoms with van der Waals surface area (Å²) in [7, 11) is 0. The standard InChI is InChI=1S/C9H12N6O/c1-2-15-5-7(4-13-15)16-9-3-8(14-10)11-6-12-9/h3-6H,2,10H2,1H3,(H,11,12,14). The number of hydrogen-bond donors (Lipinski definition) is 2. The molecule has 0 bridgehead atoms. The summed E-state index contributed by atoms with van der Waals surface area (Å²) in [5, 5.41) is 4.08. The van der Waals surface area contributed by atoms with Crippen LogP contribution < -0.4 is 16.0 Å². The highest BCUT2D eigenvalue weighted by Gasteiger charge is 2.02. The highest BCUT2D eigenvalue weighted by atomic mass is 16.5. The summed E-state index contributed by atoms with van der Waals surface area (Å²) >= 11 is 0. The Balaban J connectivity index is 2.13. The minimum absolute atomic E-state index is 0.415. The van der Waals surface area contributed by atoms with Crippen LogP contribution >= 0.6 is 0 Å². The van der Waals surface area contributed by atoms with Gasteiger partial charge in [-0.05, 0) is 6.92 Å². The zero-order valence-electron chi connectivity index (χ0n) is 8.79. The Morgan fingerprint density at radius 2 is 2.38 bits per heavy atom. The van der Waals surface area contributed by atoms with Gasteiger partial charge in [-0.15, -0.1) is 0 Å². The third-order valence-corrected chi connectivity index (χ3v) is 1.95. The SMILES string of the molecule is CCn1cc(Oc2cc(NN)ncn2)cn1. The van der Waals surface area contributed by atoms with Crippen LogP contribution in [0.25, 0.3) is 0 Å². The van der Waals surface area contributed by atoms with E-state index in [1.807, 2.05) is 6.92 Å². The van der Waals surface area contributed by atoms with Crippen LogP contribution in [0, 0.1) is 0 Å². The van der Waals surface area contributed by atoms with Gasteiger partial charge < -0.3 is 10.2 Å². The van der Waals surface area contributed by atoms with Gasteiger partial charge in [-0.1, -0.05) is 0 Å². The van der Waals surface area contributed by atoms with Gasteiger partial charge in [0.15, 0.2) is 5.75 Å². The Bertz CT molecular complexity index is 469. The van der Waals surface area contributed by atoms with Crippen LogP contribution in [0.15, 0.2) is 24.8 Å². The predicted molar refractivity (Wildman–Crippen MR) is 57.8 cm³/mol. The Labute approximate surface area is 92.2 Å². The van der Waals surface area contributed by atoms with Crippen molar-refractivity contribution in [2.45, 2.75) is 13.5 Å². The van der Waals surface area contributed by atoms with Crippen molar-refractivity contribution in [3.05, 3.63) is 24.8 Å². The molecule has 84 valence electrons. The maximum Gasteiger partial charge on any atom is 0.224 e. The first kappa shape index (κ1) is 10.4. The average Bonchev–Trinajstić information content (AvgIpc) is 2.77. The zero-order chi connectivity index (χ0) is 11.4. The number of aromatic nitrogens is 4. The molecule has 0 unspecified atom stereocenters. The summed E-state index contributed by atoms with van der Waals surface area (Å²) in [5.74, 6) is 6.76. The zero-order valence-corrected chi connectivity index (χ0v) is 8.79. The van der Waals surface area contributed by atoms with Crippen molar-refractivity contribution in [3.63, 3.8) is 0 Å². The summed E-state index contributed by atoms with van der Waals surface area (Å²) in [4.78, 5) is 7.82. The number of ether oxygens (including phenoxy) is 1. The van der Waals surface area contributed by atoms with Crippen molar-refractivity contribution in [3.8, 4) is 11.6 Å². The molecule has 0 aliphatic rings. The lowest BCUT2D eigenvalue weighted by molar-refractivity contribution is 0.460. The van der Waals surface area contributed by atoms with Gasteiger partial charge in [0, 0.05) is 12.6 Å². The van der Waals surface area contributed by atoms with Crippen molar-refractivity contribution in [2.24, 2.45) is 5.84 Å². The van der Waals surface area contributed by atoms with E-state index >= 15 is 0 Å². The Morgan fingerprint density at radius 3 is 3.06 bits per heavy atom. The second-order valence-electron chi connectivity index (χ2n) is 3.02. The molecule has 3 N–H and O–H groups in total. The molecule has 0 saturated carbocycles. The molecule has 0 aliphatic carbocycles. The molecule has 0 spiro atoms. The number of hydrazine groups is 1. The van der Waals surface area contributed by atoms with Crippen molar-refractivity contribution < 1.29 is 4.74 Å². The Hall–Kier alpha value is -2.15. The molecule has 0 aromatic carbocycles. The largest absolute Gasteiger partial charge is 0.436 e. The number of aryl methyl sites for hydroxylation is 1. The van der Waals surface area contributed by atoms with Gasteiger partial charge in [-0.3, -0.25) is 4.68 Å². The monoisotopic (exact) mass is 220 g/mol. The fourth-order valence-corrected chi connectivity index (χ4v) is 1.17. The van der Waals surface area contributed by atoms with Crippen molar-refractivity contribution in [2.75, 3.05) is 5.43 Å². The van der Waals surface area contributed by atoms with E-state index in [-0.39, 0.29) is 0 Å². The maximum absolute atomic E-state index is 5.47. The predicted octanol–water partition coefficient (Wildman–Crippen LogP) is 0.771. The molecular formula is C9H12N6O. The number of rotatable bonds is 4. The molecule has 0 radical (unpaired) electrons. The third-order valence-electron chi connectivity index (χ3n) is 1.95. The number of nitrogen functional groups attached to an aromatic ring is 1. The van der Waals surface area contributed by atoms with E-state index in [0.29, 0.717) is 17.4 Å². The van der Waals surface area contributed by atoms with Gasteiger partial charge in [0.25, 0.3) is 0 Å². The van der Waals surface area contributed by atoms with Crippen LogP contribution in [0.3, 0.4) is 0 Å². The fourth-order valence-electron chi connectivity index (χ4n) is 1.17. The van der Waals surface area contributed by atoms with Crippen LogP contribution in [0.2, 0.25) is 0 Å². The number of hydrogen-bond acceptors (Lipinski definition) is 6. The van der Waals surface area contributed by atoms with E-state index in [4.69, 9.17) is 10.6 Å². The van der Waals surface area contributed by atoms with E-state index < -0.39 is 0 Å². The normalized spacial score (nSPS) is 10.1. The number of anilines is 1. The first-order chi connectivity index (χ1) is 7.81. The lowest BCUT2D eigenvalue weighted by atomic mass is 10.5. The first-order valence-electron chi connectivity index (χ1n) is 4.80. The Morgan fingerprint density at radius 1 is 1.50 bits per heavy atom. The van der Waals surface area contributed by atoms with Gasteiger partial charge in [0.05, 0.1) is 12.4 Å². The highest BCUT2D eigenvalue weighted by molar-refractivity contribution is 5.36. The van der Waals surface area contributed by atoms with Gasteiger partial charge in [0.1, 0.15) is 12.1 Å². The van der Waals surface area contributed by atoms with Crippen LogP contribution in [0.4, 0.5) is 5.82 Å². The number of nitrogens with one attached hydrogen (secondary N) is 1. The van der Waals surface area contributed by atoms with Crippen LogP contribution in [-0.2, 0) is 6.54 Å². The second-order valence-corrected chi connectivity index (χ2v) is 3.02. The second kappa shape index (κ2) is 4.58. The topological polar surface area (TPSA) is 90.9 Å². The van der Waals surface area contributed by atoms with Gasteiger partial charge in [-0.2, -0.15) is 5.10 Å². The number of nitrogens with two attached hydrogens (primary N) is 1. The minimum Gasteiger partial charge on any atom is -0.436 e. The van der Waals surface area contributed by atoms with Crippen LogP contribution in [-0.4, -0.2) is 19.7 Å². The first-order valence-corrected chi connectivity index (χ1v) is 4.80. The molecule has 0 saturated heterocycles. The van der Waals surface area contributed by atoms with Gasteiger partial charge in [0.2, 0.25) is 5.88 Å². The lowest BCUT2D eigenvalue weighted by Gasteiger charge is -2.02. The summed E-state index contributed by atoms with van der Waals surface area (Å²) < 4.78 is 7.24. The summed E-state index contributed by atoms with van der Waals surface area (Å²) in [6, 6.07) is 1.60. The molecular weight excluding hydrogens is 208 g/mol. The molecule has 2 heterocycles. The molecule has 0 amide bonds. The maximum atomic E-state index is 5.47. The van der Waals surface area contributed by atoms with Crippen LogP contribution in [0.1, 0.15) is 6.92 Å². The summed E-state index contributed by atoms with van der Waals surface area (Å²) in [6.07, 6.45) is 4.79. The van der Waals surface area contributed by atoms with E-state index in [1.165, 1.54) is 6.33 Å². The quantitative estimate of drug-likeness (QED) is 0.584. The highest BCUT2D eigenvalue weighted by Crippen LogP contribution is 2.19.